The molecular formula is C22H23N3O5. The van der Waals surface area contributed by atoms with Crippen LogP contribution in [0, 0.1) is 10.1 Å². The van der Waals surface area contributed by atoms with E-state index in [1.54, 1.807) is 30.3 Å². The fourth-order valence-corrected chi connectivity index (χ4v) is 2.75. The summed E-state index contributed by atoms with van der Waals surface area (Å²) in [5.74, 6) is 0.175. The number of rotatable bonds is 10. The van der Waals surface area contributed by atoms with Crippen LogP contribution in [0.1, 0.15) is 24.0 Å². The smallest absolute Gasteiger partial charge is 0.276 e. The molecule has 0 bridgehead atoms. The first-order valence-corrected chi connectivity index (χ1v) is 9.72. The first-order valence-electron chi connectivity index (χ1n) is 9.72. The fourth-order valence-electron chi connectivity index (χ4n) is 2.75. The number of benzene rings is 2. The van der Waals surface area contributed by atoms with E-state index in [2.05, 4.69) is 10.6 Å². The van der Waals surface area contributed by atoms with Crippen molar-refractivity contribution < 1.29 is 19.2 Å². The minimum Gasteiger partial charge on any atom is -0.484 e. The summed E-state index contributed by atoms with van der Waals surface area (Å²) in [4.78, 5) is 34.1. The molecule has 1 aliphatic rings. The largest absolute Gasteiger partial charge is 0.484 e. The van der Waals surface area contributed by atoms with E-state index in [1.807, 2.05) is 12.1 Å². The molecule has 0 spiro atoms. The average Bonchev–Trinajstić information content (AvgIpc) is 3.56. The van der Waals surface area contributed by atoms with Gasteiger partial charge in [-0.25, -0.2) is 0 Å². The topological polar surface area (TPSA) is 111 Å². The summed E-state index contributed by atoms with van der Waals surface area (Å²) in [6, 6.07) is 13.9. The maximum absolute atomic E-state index is 11.9. The molecule has 1 aliphatic carbocycles. The average molecular weight is 409 g/mol. The quantitative estimate of drug-likeness (QED) is 0.356. The normalized spacial score (nSPS) is 13.1. The van der Waals surface area contributed by atoms with Gasteiger partial charge in [0.05, 0.1) is 10.5 Å². The van der Waals surface area contributed by atoms with Crippen LogP contribution in [-0.4, -0.2) is 35.9 Å². The van der Waals surface area contributed by atoms with Crippen LogP contribution in [-0.2, 0) is 16.0 Å². The Balaban J connectivity index is 1.39. The Morgan fingerprint density at radius 3 is 2.57 bits per heavy atom. The lowest BCUT2D eigenvalue weighted by Gasteiger charge is -2.08. The first kappa shape index (κ1) is 21.0. The highest BCUT2D eigenvalue weighted by molar-refractivity contribution is 5.92. The molecule has 1 fully saturated rings. The molecule has 0 unspecified atom stereocenters. The Bertz CT molecular complexity index is 936. The van der Waals surface area contributed by atoms with E-state index in [9.17, 15) is 19.7 Å². The Morgan fingerprint density at radius 2 is 1.87 bits per heavy atom. The molecule has 8 heteroatoms. The summed E-state index contributed by atoms with van der Waals surface area (Å²) >= 11 is 0. The van der Waals surface area contributed by atoms with E-state index in [4.69, 9.17) is 4.74 Å². The number of hydrogen-bond donors (Lipinski definition) is 2. The maximum Gasteiger partial charge on any atom is 0.276 e. The second-order valence-corrected chi connectivity index (χ2v) is 6.96. The van der Waals surface area contributed by atoms with Crippen molar-refractivity contribution in [2.24, 2.45) is 0 Å². The molecule has 2 amide bonds. The molecule has 0 aromatic heterocycles. The monoisotopic (exact) mass is 409 g/mol. The summed E-state index contributed by atoms with van der Waals surface area (Å²) in [6.07, 6.45) is 5.41. The van der Waals surface area contributed by atoms with Crippen molar-refractivity contribution in [2.75, 3.05) is 13.2 Å². The maximum atomic E-state index is 11.9. The second-order valence-electron chi connectivity index (χ2n) is 6.96. The van der Waals surface area contributed by atoms with Gasteiger partial charge in [-0.15, -0.1) is 0 Å². The molecule has 8 nitrogen and oxygen atoms in total. The number of carbonyl (C=O) groups is 2. The van der Waals surface area contributed by atoms with Gasteiger partial charge in [-0.3, -0.25) is 19.7 Å². The molecule has 1 saturated carbocycles. The Labute approximate surface area is 174 Å². The first-order chi connectivity index (χ1) is 14.5. The molecule has 0 radical (unpaired) electrons. The van der Waals surface area contributed by atoms with Crippen LogP contribution < -0.4 is 15.4 Å². The molecule has 0 atom stereocenters. The van der Waals surface area contributed by atoms with E-state index >= 15 is 0 Å². The zero-order valence-corrected chi connectivity index (χ0v) is 16.4. The number of nitrogens with zero attached hydrogens (tertiary/aromatic N) is 1. The minimum atomic E-state index is -0.482. The number of hydrogen-bond acceptors (Lipinski definition) is 5. The lowest BCUT2D eigenvalue weighted by atomic mass is 10.1. The van der Waals surface area contributed by atoms with Gasteiger partial charge in [0.1, 0.15) is 5.75 Å². The Hall–Kier alpha value is -3.68. The number of nitro groups is 1. The van der Waals surface area contributed by atoms with Gasteiger partial charge in [0, 0.05) is 24.7 Å². The van der Waals surface area contributed by atoms with Crippen LogP contribution in [0.15, 0.2) is 54.6 Å². The van der Waals surface area contributed by atoms with Crippen molar-refractivity contribution in [3.8, 4) is 5.75 Å². The third kappa shape index (κ3) is 6.73. The summed E-state index contributed by atoms with van der Waals surface area (Å²) in [7, 11) is 0. The van der Waals surface area contributed by atoms with Crippen molar-refractivity contribution in [3.05, 3.63) is 75.8 Å². The van der Waals surface area contributed by atoms with Crippen molar-refractivity contribution in [1.82, 2.24) is 10.6 Å². The van der Waals surface area contributed by atoms with Crippen LogP contribution in [0.3, 0.4) is 0 Å². The van der Waals surface area contributed by atoms with E-state index in [0.717, 1.165) is 18.4 Å². The van der Waals surface area contributed by atoms with Gasteiger partial charge >= 0.3 is 0 Å². The predicted octanol–water partition coefficient (Wildman–Crippen LogP) is 2.62. The fraction of sp³-hybridized carbons (Fsp3) is 0.273. The number of ether oxygens (including phenoxy) is 1. The van der Waals surface area contributed by atoms with Crippen molar-refractivity contribution in [1.29, 1.82) is 0 Å². The van der Waals surface area contributed by atoms with E-state index < -0.39 is 4.92 Å². The molecular weight excluding hydrogens is 386 g/mol. The van der Waals surface area contributed by atoms with Crippen LogP contribution in [0.4, 0.5) is 5.69 Å². The SMILES string of the molecule is O=C(/C=C/c1ccccc1[N+](=O)[O-])NCCc1ccc(OCC(=O)NC2CC2)cc1. The van der Waals surface area contributed by atoms with Crippen molar-refractivity contribution in [3.63, 3.8) is 0 Å². The van der Waals surface area contributed by atoms with Crippen LogP contribution >= 0.6 is 0 Å². The number of para-hydroxylation sites is 1. The van der Waals surface area contributed by atoms with Crippen molar-refractivity contribution in [2.45, 2.75) is 25.3 Å². The summed E-state index contributed by atoms with van der Waals surface area (Å²) in [5.41, 5.74) is 1.33. The molecule has 2 aromatic carbocycles. The van der Waals surface area contributed by atoms with Crippen molar-refractivity contribution >= 4 is 23.6 Å². The highest BCUT2D eigenvalue weighted by Crippen LogP contribution is 2.19. The zero-order valence-electron chi connectivity index (χ0n) is 16.4. The van der Waals surface area contributed by atoms with Gasteiger partial charge in [0.2, 0.25) is 5.91 Å². The molecule has 3 rings (SSSR count). The number of amides is 2. The molecule has 2 N–H and O–H groups in total. The van der Waals surface area contributed by atoms with Crippen LogP contribution in [0.25, 0.3) is 6.08 Å². The van der Waals surface area contributed by atoms with Gasteiger partial charge in [-0.2, -0.15) is 0 Å². The highest BCUT2D eigenvalue weighted by Gasteiger charge is 2.23. The molecule has 0 heterocycles. The lowest BCUT2D eigenvalue weighted by Crippen LogP contribution is -2.30. The van der Waals surface area contributed by atoms with Gasteiger partial charge in [-0.1, -0.05) is 24.3 Å². The summed E-state index contributed by atoms with van der Waals surface area (Å²) < 4.78 is 5.46. The minimum absolute atomic E-state index is 0.00217. The third-order valence-electron chi connectivity index (χ3n) is 4.50. The standard InChI is InChI=1S/C22H23N3O5/c26-21(12-7-17-3-1-2-4-20(17)25(28)29)23-14-13-16-5-10-19(11-6-16)30-15-22(27)24-18-8-9-18/h1-7,10-12,18H,8-9,13-15H2,(H,23,26)(H,24,27)/b12-7+. The highest BCUT2D eigenvalue weighted by atomic mass is 16.6. The van der Waals surface area contributed by atoms with Gasteiger partial charge in [0.25, 0.3) is 11.6 Å². The lowest BCUT2D eigenvalue weighted by molar-refractivity contribution is -0.385. The molecule has 0 aliphatic heterocycles. The summed E-state index contributed by atoms with van der Waals surface area (Å²) in [5, 5.41) is 16.6. The second kappa shape index (κ2) is 10.2. The molecule has 2 aromatic rings. The van der Waals surface area contributed by atoms with E-state index in [0.29, 0.717) is 30.3 Å². The molecule has 156 valence electrons. The number of nitrogens with one attached hydrogen (secondary N) is 2. The number of carbonyl (C=O) groups excluding carboxylic acids is 2. The predicted molar refractivity (Wildman–Crippen MR) is 112 cm³/mol. The van der Waals surface area contributed by atoms with Gasteiger partial charge in [0.15, 0.2) is 6.61 Å². The van der Waals surface area contributed by atoms with Crippen LogP contribution in [0.5, 0.6) is 5.75 Å². The summed E-state index contributed by atoms with van der Waals surface area (Å²) in [6.45, 7) is 0.419. The van der Waals surface area contributed by atoms with Gasteiger partial charge < -0.3 is 15.4 Å². The Morgan fingerprint density at radius 1 is 1.13 bits per heavy atom. The molecule has 0 saturated heterocycles. The van der Waals surface area contributed by atoms with E-state index in [1.165, 1.54) is 18.2 Å². The molecule has 30 heavy (non-hydrogen) atoms. The van der Waals surface area contributed by atoms with Crippen LogP contribution in [0.2, 0.25) is 0 Å². The van der Waals surface area contributed by atoms with Gasteiger partial charge in [-0.05, 0) is 49.1 Å². The Kier molecular flexibility index (Phi) is 7.15. The number of nitro benzene ring substituents is 1. The third-order valence-corrected chi connectivity index (χ3v) is 4.50. The zero-order chi connectivity index (χ0) is 21.3. The van der Waals surface area contributed by atoms with E-state index in [-0.39, 0.29) is 24.1 Å².